The fraction of sp³-hybridized carbons (Fsp3) is 0.455. The van der Waals surface area contributed by atoms with Crippen LogP contribution < -0.4 is 0 Å². The molecule has 0 N–H and O–H groups in total. The molecule has 3 aliphatic carbocycles. The summed E-state index contributed by atoms with van der Waals surface area (Å²) < 4.78 is 0. The predicted octanol–water partition coefficient (Wildman–Crippen LogP) is 8.59. The highest BCUT2D eigenvalue weighted by Crippen LogP contribution is 2.40. The summed E-state index contributed by atoms with van der Waals surface area (Å²) in [5, 5.41) is 0. The number of aryl methyl sites for hydroxylation is 2. The van der Waals surface area contributed by atoms with Gasteiger partial charge in [0.25, 0.3) is 0 Å². The molecule has 0 bridgehead atoms. The van der Waals surface area contributed by atoms with Gasteiger partial charge in [0, 0.05) is 0 Å². The van der Waals surface area contributed by atoms with E-state index >= 15 is 0 Å². The lowest BCUT2D eigenvalue weighted by Gasteiger charge is -2.21. The summed E-state index contributed by atoms with van der Waals surface area (Å²) in [4.78, 5) is 0. The van der Waals surface area contributed by atoms with Crippen LogP contribution in [-0.2, 0) is 25.7 Å². The molecule has 2 aromatic rings. The summed E-state index contributed by atoms with van der Waals surface area (Å²) in [6, 6.07) is 14.1. The van der Waals surface area contributed by atoms with Gasteiger partial charge in [0.2, 0.25) is 0 Å². The number of benzene rings is 2. The topological polar surface area (TPSA) is 0 Å². The maximum absolute atomic E-state index is 4.50. The molecule has 1 unspecified atom stereocenters. The van der Waals surface area contributed by atoms with Crippen molar-refractivity contribution in [1.29, 1.82) is 0 Å². The molecule has 0 nitrogen and oxygen atoms in total. The van der Waals surface area contributed by atoms with Gasteiger partial charge in [-0.05, 0) is 109 Å². The van der Waals surface area contributed by atoms with E-state index in [1.165, 1.54) is 73.6 Å². The van der Waals surface area contributed by atoms with Gasteiger partial charge in [-0.25, -0.2) is 0 Å². The summed E-state index contributed by atoms with van der Waals surface area (Å²) in [6.45, 7) is 8.96. The summed E-state index contributed by atoms with van der Waals surface area (Å²) in [6.07, 6.45) is 19.0. The number of rotatable bonds is 7. The summed E-state index contributed by atoms with van der Waals surface area (Å²) >= 11 is 0. The fourth-order valence-corrected chi connectivity index (χ4v) is 6.63. The lowest BCUT2D eigenvalue weighted by molar-refractivity contribution is 0.356. The molecule has 33 heavy (non-hydrogen) atoms. The molecule has 172 valence electrons. The van der Waals surface area contributed by atoms with E-state index in [1.54, 1.807) is 27.8 Å². The van der Waals surface area contributed by atoms with E-state index < -0.39 is 0 Å². The van der Waals surface area contributed by atoms with Crippen molar-refractivity contribution in [3.05, 3.63) is 105 Å². The second-order valence-electron chi connectivity index (χ2n) is 11.0. The van der Waals surface area contributed by atoms with E-state index in [2.05, 4.69) is 69.0 Å². The first-order valence-electron chi connectivity index (χ1n) is 13.3. The molecular weight excluding hydrogens is 396 g/mol. The van der Waals surface area contributed by atoms with Crippen molar-refractivity contribution in [2.75, 3.05) is 0 Å². The first-order chi connectivity index (χ1) is 16.1. The monoisotopic (exact) mass is 436 g/mol. The fourth-order valence-electron chi connectivity index (χ4n) is 6.63. The summed E-state index contributed by atoms with van der Waals surface area (Å²) in [7, 11) is 0. The molecule has 1 atom stereocenters. The Balaban J connectivity index is 1.22. The van der Waals surface area contributed by atoms with Crippen LogP contribution in [0, 0.1) is 25.7 Å². The highest BCUT2D eigenvalue weighted by atomic mass is 14.3. The zero-order valence-corrected chi connectivity index (χ0v) is 20.8. The molecule has 1 fully saturated rings. The molecule has 5 rings (SSSR count). The van der Waals surface area contributed by atoms with Crippen molar-refractivity contribution in [3.8, 4) is 0 Å². The Morgan fingerprint density at radius 1 is 0.879 bits per heavy atom. The van der Waals surface area contributed by atoms with Crippen LogP contribution in [0.5, 0.6) is 0 Å². The Hall–Kier alpha value is -2.34. The van der Waals surface area contributed by atoms with E-state index in [0.29, 0.717) is 5.92 Å². The number of hydrogen-bond donors (Lipinski definition) is 0. The third-order valence-electron chi connectivity index (χ3n) is 8.48. The van der Waals surface area contributed by atoms with Gasteiger partial charge in [-0.3, -0.25) is 0 Å². The molecule has 0 amide bonds. The Morgan fingerprint density at radius 3 is 2.42 bits per heavy atom. The zero-order valence-electron chi connectivity index (χ0n) is 20.8. The van der Waals surface area contributed by atoms with Crippen molar-refractivity contribution < 1.29 is 0 Å². The van der Waals surface area contributed by atoms with Gasteiger partial charge in [-0.2, -0.15) is 0 Å². The smallest absolute Gasteiger partial charge is 0.00612 e. The summed E-state index contributed by atoms with van der Waals surface area (Å²) in [5.41, 5.74) is 13.5. The van der Waals surface area contributed by atoms with E-state index in [9.17, 15) is 0 Å². The van der Waals surface area contributed by atoms with Crippen LogP contribution in [0.15, 0.2) is 71.8 Å². The van der Waals surface area contributed by atoms with Crippen molar-refractivity contribution in [2.24, 2.45) is 11.8 Å². The zero-order chi connectivity index (χ0) is 22.8. The van der Waals surface area contributed by atoms with Gasteiger partial charge in [-0.1, -0.05) is 92.8 Å². The molecular formula is C33H40. The molecule has 2 aromatic carbocycles. The lowest BCUT2D eigenvalue weighted by Crippen LogP contribution is -2.09. The molecule has 0 heterocycles. The number of hydrogen-bond acceptors (Lipinski definition) is 0. The van der Waals surface area contributed by atoms with Crippen LogP contribution in [0.2, 0.25) is 0 Å². The molecule has 0 aliphatic heterocycles. The Bertz CT molecular complexity index is 1070. The summed E-state index contributed by atoms with van der Waals surface area (Å²) in [5.74, 6) is 1.58. The molecule has 0 radical (unpaired) electrons. The number of allylic oxidation sites excluding steroid dienone is 5. The van der Waals surface area contributed by atoms with Gasteiger partial charge in [0.05, 0.1) is 0 Å². The molecule has 0 spiro atoms. The molecule has 1 saturated carbocycles. The van der Waals surface area contributed by atoms with Crippen molar-refractivity contribution in [2.45, 2.75) is 84.5 Å². The van der Waals surface area contributed by atoms with Crippen LogP contribution in [-0.4, -0.2) is 0 Å². The maximum atomic E-state index is 4.50. The van der Waals surface area contributed by atoms with E-state index in [1.807, 2.05) is 0 Å². The van der Waals surface area contributed by atoms with Gasteiger partial charge >= 0.3 is 0 Å². The Morgan fingerprint density at radius 2 is 1.64 bits per heavy atom. The average molecular weight is 437 g/mol. The van der Waals surface area contributed by atoms with Gasteiger partial charge in [0.1, 0.15) is 0 Å². The van der Waals surface area contributed by atoms with Crippen LogP contribution in [0.25, 0.3) is 0 Å². The van der Waals surface area contributed by atoms with Crippen molar-refractivity contribution in [3.63, 3.8) is 0 Å². The molecule has 3 aliphatic rings. The minimum absolute atomic E-state index is 0.659. The van der Waals surface area contributed by atoms with Gasteiger partial charge in [0.15, 0.2) is 0 Å². The van der Waals surface area contributed by atoms with Crippen LogP contribution in [0.1, 0.15) is 78.3 Å². The Kier molecular flexibility index (Phi) is 6.72. The lowest BCUT2D eigenvalue weighted by atomic mass is 9.84. The minimum atomic E-state index is 0.659. The largest absolute Gasteiger partial charge is 0.0992 e. The van der Waals surface area contributed by atoms with E-state index in [0.717, 1.165) is 25.2 Å². The third-order valence-corrected chi connectivity index (χ3v) is 8.48. The Labute approximate surface area is 201 Å². The predicted molar refractivity (Wildman–Crippen MR) is 142 cm³/mol. The highest BCUT2D eigenvalue weighted by molar-refractivity contribution is 5.47. The van der Waals surface area contributed by atoms with Crippen LogP contribution >= 0.6 is 0 Å². The second-order valence-corrected chi connectivity index (χ2v) is 11.0. The average Bonchev–Trinajstić information content (AvgIpc) is 3.43. The standard InChI is InChI=1S/C33H40/c1-23(18-33-24(2)9-7-10-25(33)3)17-29-13-8-14-32(29)31-21-28-16-15-27(20-30(28)22-31)19-26-11-5-4-6-12-26/h7,9-10,13-16,20,26,31H,1,4-6,8,11-12,17-19,21-22H2,2-3H3. The van der Waals surface area contributed by atoms with Gasteiger partial charge in [-0.15, -0.1) is 0 Å². The third kappa shape index (κ3) is 5.11. The molecule has 0 saturated heterocycles. The first-order valence-corrected chi connectivity index (χ1v) is 13.3. The molecule has 0 heteroatoms. The normalized spacial score (nSPS) is 20.5. The van der Waals surface area contributed by atoms with Crippen LogP contribution in [0.3, 0.4) is 0 Å². The quantitative estimate of drug-likeness (QED) is 0.381. The van der Waals surface area contributed by atoms with E-state index in [-0.39, 0.29) is 0 Å². The van der Waals surface area contributed by atoms with Crippen molar-refractivity contribution in [1.82, 2.24) is 0 Å². The first kappa shape index (κ1) is 22.5. The second kappa shape index (κ2) is 9.88. The van der Waals surface area contributed by atoms with Crippen molar-refractivity contribution >= 4 is 0 Å². The molecule has 0 aromatic heterocycles. The van der Waals surface area contributed by atoms with Crippen LogP contribution in [0.4, 0.5) is 0 Å². The van der Waals surface area contributed by atoms with E-state index in [4.69, 9.17) is 0 Å². The maximum Gasteiger partial charge on any atom is -0.00612 e. The highest BCUT2D eigenvalue weighted by Gasteiger charge is 2.28. The number of fused-ring (bicyclic) bond motifs is 1. The SMILES string of the molecule is C=C(CC1=CCC=C1C1Cc2ccc(CC3CCCCC3)cc2C1)Cc1c(C)cccc1C. The van der Waals surface area contributed by atoms with Gasteiger partial charge < -0.3 is 0 Å². The minimum Gasteiger partial charge on any atom is -0.0992 e.